The first-order valence-electron chi connectivity index (χ1n) is 4.73. The van der Waals surface area contributed by atoms with Gasteiger partial charge in [-0.05, 0) is 18.2 Å². The number of carbonyl (C=O) groups excluding carboxylic acids is 1. The Kier molecular flexibility index (Phi) is 2.07. The highest BCUT2D eigenvalue weighted by Gasteiger charge is 2.20. The number of halogens is 1. The van der Waals surface area contributed by atoms with Crippen LogP contribution >= 0.6 is 15.9 Å². The van der Waals surface area contributed by atoms with Gasteiger partial charge in [-0.1, -0.05) is 15.9 Å². The molecule has 0 radical (unpaired) electrons. The van der Waals surface area contributed by atoms with Gasteiger partial charge >= 0.3 is 0 Å². The molecule has 16 heavy (non-hydrogen) atoms. The Balaban J connectivity index is 2.23. The summed E-state index contributed by atoms with van der Waals surface area (Å²) in [5, 5.41) is 0. The van der Waals surface area contributed by atoms with Crippen molar-refractivity contribution in [3.8, 4) is 11.4 Å². The molecule has 0 bridgehead atoms. The molecule has 0 N–H and O–H groups in total. The van der Waals surface area contributed by atoms with E-state index in [0.717, 1.165) is 27.9 Å². The minimum absolute atomic E-state index is 0.373. The Bertz CT molecular complexity index is 577. The van der Waals surface area contributed by atoms with Gasteiger partial charge in [-0.3, -0.25) is 9.36 Å². The standard InChI is InChI=1S/C11H7BrN2O2/c12-7-1-2-9-11(3-7)16-5-10-8(4-15)13-6-14(9)10/h1-4,6H,5H2. The molecule has 1 aliphatic rings. The predicted octanol–water partition coefficient (Wildman–Crippen LogP) is 2.34. The number of nitrogens with zero attached hydrogens (tertiary/aromatic N) is 2. The molecule has 0 spiro atoms. The predicted molar refractivity (Wildman–Crippen MR) is 61.0 cm³/mol. The second kappa shape index (κ2) is 3.45. The molecular formula is C11H7BrN2O2. The van der Waals surface area contributed by atoms with Gasteiger partial charge in [0.05, 0.1) is 11.4 Å². The Morgan fingerprint density at radius 2 is 2.38 bits per heavy atom. The van der Waals surface area contributed by atoms with Gasteiger partial charge in [0.2, 0.25) is 0 Å². The SMILES string of the molecule is O=Cc1ncn2c1COc1cc(Br)ccc1-2. The Morgan fingerprint density at radius 1 is 1.50 bits per heavy atom. The summed E-state index contributed by atoms with van der Waals surface area (Å²) < 4.78 is 8.43. The molecule has 3 rings (SSSR count). The summed E-state index contributed by atoms with van der Waals surface area (Å²) in [7, 11) is 0. The molecule has 0 amide bonds. The molecular weight excluding hydrogens is 272 g/mol. The molecule has 1 aromatic heterocycles. The minimum Gasteiger partial charge on any atom is -0.485 e. The summed E-state index contributed by atoms with van der Waals surface area (Å²) >= 11 is 3.39. The van der Waals surface area contributed by atoms with Crippen LogP contribution in [0.15, 0.2) is 29.0 Å². The number of carbonyl (C=O) groups is 1. The van der Waals surface area contributed by atoms with E-state index < -0.39 is 0 Å². The van der Waals surface area contributed by atoms with Crippen molar-refractivity contribution in [2.24, 2.45) is 0 Å². The molecule has 2 heterocycles. The number of hydrogen-bond donors (Lipinski definition) is 0. The number of imidazole rings is 1. The van der Waals surface area contributed by atoms with E-state index in [1.807, 2.05) is 22.8 Å². The molecule has 0 unspecified atom stereocenters. The van der Waals surface area contributed by atoms with Gasteiger partial charge in [-0.25, -0.2) is 4.98 Å². The third-order valence-electron chi connectivity index (χ3n) is 2.56. The molecule has 0 saturated carbocycles. The van der Waals surface area contributed by atoms with Crippen LogP contribution in [0.4, 0.5) is 0 Å². The summed E-state index contributed by atoms with van der Waals surface area (Å²) in [6.07, 6.45) is 2.40. The van der Waals surface area contributed by atoms with Crippen molar-refractivity contribution < 1.29 is 9.53 Å². The second-order valence-electron chi connectivity index (χ2n) is 3.47. The van der Waals surface area contributed by atoms with E-state index in [1.54, 1.807) is 6.33 Å². The Hall–Kier alpha value is -1.62. The van der Waals surface area contributed by atoms with Crippen LogP contribution < -0.4 is 4.74 Å². The van der Waals surface area contributed by atoms with E-state index in [9.17, 15) is 4.79 Å². The lowest BCUT2D eigenvalue weighted by atomic mass is 10.2. The lowest BCUT2D eigenvalue weighted by Gasteiger charge is -2.20. The first-order chi connectivity index (χ1) is 7.79. The first-order valence-corrected chi connectivity index (χ1v) is 5.53. The number of ether oxygens (including phenoxy) is 1. The van der Waals surface area contributed by atoms with Crippen molar-refractivity contribution in [1.29, 1.82) is 0 Å². The normalized spacial score (nSPS) is 12.6. The van der Waals surface area contributed by atoms with Crippen molar-refractivity contribution in [2.45, 2.75) is 6.61 Å². The highest BCUT2D eigenvalue weighted by Crippen LogP contribution is 2.32. The molecule has 80 valence electrons. The Labute approximate surface area is 100.0 Å². The van der Waals surface area contributed by atoms with Gasteiger partial charge < -0.3 is 4.74 Å². The summed E-state index contributed by atoms with van der Waals surface area (Å²) in [5.41, 5.74) is 2.14. The summed E-state index contributed by atoms with van der Waals surface area (Å²) in [4.78, 5) is 14.8. The lowest BCUT2D eigenvalue weighted by Crippen LogP contribution is -2.12. The van der Waals surface area contributed by atoms with E-state index in [2.05, 4.69) is 20.9 Å². The number of hydrogen-bond acceptors (Lipinski definition) is 3. The van der Waals surface area contributed by atoms with Crippen LogP contribution in [0, 0.1) is 0 Å². The van der Waals surface area contributed by atoms with Crippen LogP contribution in [-0.2, 0) is 6.61 Å². The molecule has 2 aromatic rings. The zero-order valence-electron chi connectivity index (χ0n) is 8.18. The monoisotopic (exact) mass is 278 g/mol. The first kappa shape index (κ1) is 9.59. The maximum absolute atomic E-state index is 10.8. The number of aromatic nitrogens is 2. The zero-order chi connectivity index (χ0) is 11.1. The van der Waals surface area contributed by atoms with Crippen LogP contribution in [0.1, 0.15) is 16.2 Å². The van der Waals surface area contributed by atoms with Gasteiger partial charge in [-0.15, -0.1) is 0 Å². The third kappa shape index (κ3) is 1.28. The number of rotatable bonds is 1. The smallest absolute Gasteiger partial charge is 0.170 e. The zero-order valence-corrected chi connectivity index (χ0v) is 9.77. The van der Waals surface area contributed by atoms with Crippen LogP contribution in [0.25, 0.3) is 5.69 Å². The fraction of sp³-hybridized carbons (Fsp3) is 0.0909. The van der Waals surface area contributed by atoms with Crippen LogP contribution in [0.5, 0.6) is 5.75 Å². The maximum atomic E-state index is 10.8. The van der Waals surface area contributed by atoms with Crippen molar-refractivity contribution in [2.75, 3.05) is 0 Å². The number of aldehydes is 1. The molecule has 0 saturated heterocycles. The van der Waals surface area contributed by atoms with E-state index in [-0.39, 0.29) is 0 Å². The van der Waals surface area contributed by atoms with Gasteiger partial charge in [0.15, 0.2) is 6.29 Å². The molecule has 1 aliphatic heterocycles. The van der Waals surface area contributed by atoms with Crippen molar-refractivity contribution in [3.05, 3.63) is 40.4 Å². The largest absolute Gasteiger partial charge is 0.485 e. The lowest BCUT2D eigenvalue weighted by molar-refractivity contribution is 0.111. The van der Waals surface area contributed by atoms with Crippen LogP contribution in [0.2, 0.25) is 0 Å². The number of fused-ring (bicyclic) bond motifs is 3. The molecule has 0 atom stereocenters. The van der Waals surface area contributed by atoms with Crippen LogP contribution in [0.3, 0.4) is 0 Å². The van der Waals surface area contributed by atoms with Crippen molar-refractivity contribution in [1.82, 2.24) is 9.55 Å². The van der Waals surface area contributed by atoms with Crippen molar-refractivity contribution in [3.63, 3.8) is 0 Å². The molecule has 0 aliphatic carbocycles. The summed E-state index contributed by atoms with van der Waals surface area (Å²) in [6, 6.07) is 5.76. The third-order valence-corrected chi connectivity index (χ3v) is 3.05. The summed E-state index contributed by atoms with van der Waals surface area (Å²) in [5.74, 6) is 0.789. The molecule has 0 fully saturated rings. The average Bonchev–Trinajstić information content (AvgIpc) is 2.71. The quantitative estimate of drug-likeness (QED) is 0.752. The highest BCUT2D eigenvalue weighted by molar-refractivity contribution is 9.10. The maximum Gasteiger partial charge on any atom is 0.170 e. The van der Waals surface area contributed by atoms with E-state index >= 15 is 0 Å². The Morgan fingerprint density at radius 3 is 3.19 bits per heavy atom. The van der Waals surface area contributed by atoms with E-state index in [0.29, 0.717) is 12.3 Å². The van der Waals surface area contributed by atoms with Crippen molar-refractivity contribution >= 4 is 22.2 Å². The molecule has 4 nitrogen and oxygen atoms in total. The average molecular weight is 279 g/mol. The molecule has 5 heteroatoms. The van der Waals surface area contributed by atoms with Gasteiger partial charge in [-0.2, -0.15) is 0 Å². The minimum atomic E-state index is 0.373. The topological polar surface area (TPSA) is 44.1 Å². The van der Waals surface area contributed by atoms with E-state index in [1.165, 1.54) is 0 Å². The van der Waals surface area contributed by atoms with Gasteiger partial charge in [0.1, 0.15) is 24.4 Å². The van der Waals surface area contributed by atoms with E-state index in [4.69, 9.17) is 4.74 Å². The van der Waals surface area contributed by atoms with Gasteiger partial charge in [0, 0.05) is 4.47 Å². The number of benzene rings is 1. The highest BCUT2D eigenvalue weighted by atomic mass is 79.9. The van der Waals surface area contributed by atoms with Crippen LogP contribution in [-0.4, -0.2) is 15.8 Å². The fourth-order valence-electron chi connectivity index (χ4n) is 1.79. The van der Waals surface area contributed by atoms with Gasteiger partial charge in [0.25, 0.3) is 0 Å². The summed E-state index contributed by atoms with van der Waals surface area (Å²) in [6.45, 7) is 0.373. The molecule has 1 aromatic carbocycles. The fourth-order valence-corrected chi connectivity index (χ4v) is 2.13. The second-order valence-corrected chi connectivity index (χ2v) is 4.38.